The molecule has 6 rings (SSSR count). The highest BCUT2D eigenvalue weighted by molar-refractivity contribution is 6.05. The number of rotatable bonds is 5. The van der Waals surface area contributed by atoms with Gasteiger partial charge < -0.3 is 20.1 Å². The van der Waals surface area contributed by atoms with Gasteiger partial charge in [-0.3, -0.25) is 24.6 Å². The Hall–Kier alpha value is -3.63. The zero-order valence-electron chi connectivity index (χ0n) is 20.6. The highest BCUT2D eigenvalue weighted by Crippen LogP contribution is 2.64. The predicted octanol–water partition coefficient (Wildman–Crippen LogP) is 2.13. The molecular weight excluding hydrogens is 468 g/mol. The summed E-state index contributed by atoms with van der Waals surface area (Å²) < 4.78 is 5.33. The van der Waals surface area contributed by atoms with E-state index in [-0.39, 0.29) is 37.7 Å². The number of piperidine rings is 1. The molecule has 2 aliphatic heterocycles. The molecule has 1 aromatic carbocycles. The van der Waals surface area contributed by atoms with Crippen molar-refractivity contribution in [3.05, 3.63) is 34.9 Å². The van der Waals surface area contributed by atoms with Crippen LogP contribution < -0.4 is 10.6 Å². The van der Waals surface area contributed by atoms with Crippen LogP contribution >= 0.6 is 0 Å². The van der Waals surface area contributed by atoms with Gasteiger partial charge in [-0.05, 0) is 63.6 Å². The number of fused-ring (bicyclic) bond motifs is 1. The second-order valence-electron chi connectivity index (χ2n) is 11.4. The van der Waals surface area contributed by atoms with Gasteiger partial charge in [0.2, 0.25) is 11.8 Å². The second kappa shape index (κ2) is 7.94. The maximum atomic E-state index is 13.1. The molecule has 0 aromatic heterocycles. The van der Waals surface area contributed by atoms with Crippen molar-refractivity contribution in [2.24, 2.45) is 0 Å². The van der Waals surface area contributed by atoms with Crippen molar-refractivity contribution in [2.45, 2.75) is 88.7 Å². The molecule has 4 fully saturated rings. The molecule has 1 unspecified atom stereocenters. The van der Waals surface area contributed by atoms with Gasteiger partial charge in [-0.15, -0.1) is 0 Å². The third-order valence-corrected chi connectivity index (χ3v) is 7.51. The van der Waals surface area contributed by atoms with Crippen molar-refractivity contribution >= 4 is 29.9 Å². The average molecular weight is 499 g/mol. The van der Waals surface area contributed by atoms with E-state index in [1.165, 1.54) is 9.80 Å². The molecule has 1 atom stereocenters. The van der Waals surface area contributed by atoms with Crippen LogP contribution in [0.25, 0.3) is 0 Å². The highest BCUT2D eigenvalue weighted by atomic mass is 16.6. The molecule has 2 heterocycles. The fourth-order valence-electron chi connectivity index (χ4n) is 5.99. The first-order chi connectivity index (χ1) is 16.8. The lowest BCUT2D eigenvalue weighted by Crippen LogP contribution is -2.84. The first kappa shape index (κ1) is 24.1. The van der Waals surface area contributed by atoms with Crippen molar-refractivity contribution in [1.29, 1.82) is 0 Å². The molecule has 2 bridgehead atoms. The number of nitrogens with zero attached hydrogens (tertiary/aromatic N) is 2. The quantitative estimate of drug-likeness (QED) is 0.527. The van der Waals surface area contributed by atoms with Crippen LogP contribution in [-0.4, -0.2) is 67.5 Å². The molecule has 3 aliphatic carbocycles. The summed E-state index contributed by atoms with van der Waals surface area (Å²) in [5, 5.41) is 15.1. The molecular formula is C25H30N4O7. The van der Waals surface area contributed by atoms with Crippen LogP contribution in [-0.2, 0) is 27.4 Å². The summed E-state index contributed by atoms with van der Waals surface area (Å²) in [6.07, 6.45) is 0.441. The van der Waals surface area contributed by atoms with Crippen LogP contribution in [0, 0.1) is 0 Å². The minimum absolute atomic E-state index is 0.108. The molecule has 36 heavy (non-hydrogen) atoms. The Morgan fingerprint density at radius 1 is 1.22 bits per heavy atom. The van der Waals surface area contributed by atoms with Crippen molar-refractivity contribution in [3.63, 3.8) is 0 Å². The molecule has 11 heteroatoms. The van der Waals surface area contributed by atoms with Gasteiger partial charge in [0.1, 0.15) is 11.6 Å². The number of hydrogen-bond donors (Lipinski definition) is 3. The van der Waals surface area contributed by atoms with E-state index in [1.54, 1.807) is 39.0 Å². The third kappa shape index (κ3) is 4.06. The summed E-state index contributed by atoms with van der Waals surface area (Å²) in [6.45, 7) is 5.73. The molecule has 0 radical (unpaired) electrons. The number of benzene rings is 1. The molecule has 1 saturated heterocycles. The maximum Gasteiger partial charge on any atom is 0.408 e. The lowest BCUT2D eigenvalue weighted by molar-refractivity contribution is -0.166. The Bertz CT molecular complexity index is 1170. The zero-order valence-corrected chi connectivity index (χ0v) is 20.6. The molecule has 192 valence electrons. The van der Waals surface area contributed by atoms with E-state index < -0.39 is 40.8 Å². The first-order valence-electron chi connectivity index (χ1n) is 12.1. The fraction of sp³-hybridized carbons (Fsp3) is 0.560. The number of carboxylic acid groups (broad SMARTS) is 1. The fourth-order valence-corrected chi connectivity index (χ4v) is 5.99. The van der Waals surface area contributed by atoms with Crippen molar-refractivity contribution in [1.82, 2.24) is 20.4 Å². The summed E-state index contributed by atoms with van der Waals surface area (Å²) in [4.78, 5) is 64.0. The summed E-state index contributed by atoms with van der Waals surface area (Å²) in [5.41, 5.74) is 0.282. The summed E-state index contributed by atoms with van der Waals surface area (Å²) in [5.74, 6) is -1.11. The van der Waals surface area contributed by atoms with E-state index in [9.17, 15) is 29.1 Å². The monoisotopic (exact) mass is 498 g/mol. The van der Waals surface area contributed by atoms with Crippen molar-refractivity contribution in [3.8, 4) is 0 Å². The molecule has 5 amide bonds. The third-order valence-electron chi connectivity index (χ3n) is 7.51. The first-order valence-corrected chi connectivity index (χ1v) is 12.1. The Morgan fingerprint density at radius 3 is 2.53 bits per heavy atom. The van der Waals surface area contributed by atoms with Crippen LogP contribution in [0.4, 0.5) is 9.59 Å². The molecule has 5 aliphatic rings. The Labute approximate surface area is 208 Å². The standard InChI is InChI=1S/C25H30N4O7/c1-23(2,3)36-21(33)27-24-11-25(12-24,13-24)29(22(34)35)9-14-4-5-15-10-28(20(32)16(15)8-14)17-6-7-18(30)26-19(17)31/h4-5,8,17H,6-7,9-13H2,1-3H3,(H,27,33)(H,34,35)(H,26,30,31). The van der Waals surface area contributed by atoms with E-state index in [2.05, 4.69) is 10.6 Å². The number of hydrogen-bond acceptors (Lipinski definition) is 6. The van der Waals surface area contributed by atoms with Gasteiger partial charge in [0.05, 0.1) is 11.1 Å². The largest absolute Gasteiger partial charge is 0.465 e. The minimum Gasteiger partial charge on any atom is -0.465 e. The van der Waals surface area contributed by atoms with Gasteiger partial charge in [-0.25, -0.2) is 9.59 Å². The lowest BCUT2D eigenvalue weighted by atomic mass is 9.43. The number of nitrogens with one attached hydrogen (secondary N) is 2. The Balaban J connectivity index is 1.25. The van der Waals surface area contributed by atoms with Crippen LogP contribution in [0.3, 0.4) is 0 Å². The molecule has 0 spiro atoms. The predicted molar refractivity (Wildman–Crippen MR) is 125 cm³/mol. The zero-order chi connectivity index (χ0) is 26.0. The van der Waals surface area contributed by atoms with Crippen LogP contribution in [0.15, 0.2) is 18.2 Å². The van der Waals surface area contributed by atoms with Gasteiger partial charge in [-0.1, -0.05) is 12.1 Å². The van der Waals surface area contributed by atoms with Gasteiger partial charge >= 0.3 is 12.2 Å². The minimum atomic E-state index is -1.06. The Kier molecular flexibility index (Phi) is 5.31. The van der Waals surface area contributed by atoms with Gasteiger partial charge in [0, 0.05) is 25.1 Å². The van der Waals surface area contributed by atoms with E-state index in [0.29, 0.717) is 30.4 Å². The number of amides is 5. The maximum absolute atomic E-state index is 13.1. The molecule has 1 aromatic rings. The molecule has 11 nitrogen and oxygen atoms in total. The number of ether oxygens (including phenoxy) is 1. The van der Waals surface area contributed by atoms with E-state index in [1.807, 2.05) is 0 Å². The van der Waals surface area contributed by atoms with Crippen LogP contribution in [0.1, 0.15) is 74.4 Å². The number of alkyl carbamates (subject to hydrolysis) is 1. The summed E-state index contributed by atoms with van der Waals surface area (Å²) in [6, 6.07) is 4.59. The SMILES string of the molecule is CC(C)(C)OC(=O)NC12CC(N(Cc3ccc4c(c3)C(=O)N(C3CCC(=O)NC3=O)C4)C(=O)O)(C1)C2. The van der Waals surface area contributed by atoms with Crippen LogP contribution in [0.5, 0.6) is 0 Å². The van der Waals surface area contributed by atoms with E-state index in [4.69, 9.17) is 4.74 Å². The average Bonchev–Trinajstić information content (AvgIpc) is 3.02. The van der Waals surface area contributed by atoms with E-state index >= 15 is 0 Å². The van der Waals surface area contributed by atoms with Crippen LogP contribution in [0.2, 0.25) is 0 Å². The number of carbonyl (C=O) groups is 5. The Morgan fingerprint density at radius 2 is 1.92 bits per heavy atom. The summed E-state index contributed by atoms with van der Waals surface area (Å²) >= 11 is 0. The van der Waals surface area contributed by atoms with Crippen molar-refractivity contribution < 1.29 is 33.8 Å². The molecule has 3 N–H and O–H groups in total. The van der Waals surface area contributed by atoms with E-state index in [0.717, 1.165) is 5.56 Å². The smallest absolute Gasteiger partial charge is 0.408 e. The second-order valence-corrected chi connectivity index (χ2v) is 11.4. The van der Waals surface area contributed by atoms with Gasteiger partial charge in [0.25, 0.3) is 5.91 Å². The van der Waals surface area contributed by atoms with Gasteiger partial charge in [0.15, 0.2) is 0 Å². The number of imide groups is 1. The van der Waals surface area contributed by atoms with Gasteiger partial charge in [-0.2, -0.15) is 0 Å². The number of carbonyl (C=O) groups excluding carboxylic acids is 4. The lowest BCUT2D eigenvalue weighted by Gasteiger charge is -2.72. The topological polar surface area (TPSA) is 145 Å². The normalized spacial score (nSPS) is 28.5. The summed E-state index contributed by atoms with van der Waals surface area (Å²) in [7, 11) is 0. The molecule has 3 saturated carbocycles. The van der Waals surface area contributed by atoms with Crippen molar-refractivity contribution in [2.75, 3.05) is 0 Å². The highest BCUT2D eigenvalue weighted by Gasteiger charge is 2.72.